The number of nitrogens with zero attached hydrogens (tertiary/aromatic N) is 2. The van der Waals surface area contributed by atoms with E-state index in [1.807, 2.05) is 24.3 Å². The number of nitriles is 2. The zero-order valence-electron chi connectivity index (χ0n) is 14.8. The lowest BCUT2D eigenvalue weighted by molar-refractivity contribution is -0.117. The van der Waals surface area contributed by atoms with E-state index < -0.39 is 0 Å². The van der Waals surface area contributed by atoms with Crippen molar-refractivity contribution in [2.75, 3.05) is 5.32 Å². The van der Waals surface area contributed by atoms with Gasteiger partial charge in [-0.05, 0) is 55.2 Å². The van der Waals surface area contributed by atoms with E-state index in [2.05, 4.69) is 11.4 Å². The Bertz CT molecular complexity index is 764. The highest BCUT2D eigenvalue weighted by atomic mass is 16.1. The SMILES string of the molecule is N#Cc1ccc(NC(=O)CC2CCCCC2)cc1.N#Cc1ccccc1. The van der Waals surface area contributed by atoms with Crippen molar-refractivity contribution in [3.63, 3.8) is 0 Å². The Balaban J connectivity index is 0.000000254. The topological polar surface area (TPSA) is 76.7 Å². The summed E-state index contributed by atoms with van der Waals surface area (Å²) >= 11 is 0. The first kappa shape index (κ1) is 19.2. The minimum absolute atomic E-state index is 0.0895. The molecule has 26 heavy (non-hydrogen) atoms. The molecule has 0 radical (unpaired) electrons. The van der Waals surface area contributed by atoms with Crippen LogP contribution in [0.5, 0.6) is 0 Å². The highest BCUT2D eigenvalue weighted by Crippen LogP contribution is 2.26. The molecule has 2 aromatic rings. The van der Waals surface area contributed by atoms with Gasteiger partial charge in [0.1, 0.15) is 0 Å². The average Bonchev–Trinajstić information content (AvgIpc) is 2.70. The van der Waals surface area contributed by atoms with Crippen molar-refractivity contribution in [2.24, 2.45) is 5.92 Å². The number of benzene rings is 2. The van der Waals surface area contributed by atoms with Crippen LogP contribution in [0.15, 0.2) is 54.6 Å². The standard InChI is InChI=1S/C15H18N2O.C7H5N/c16-11-13-6-8-14(9-7-13)17-15(18)10-12-4-2-1-3-5-12;8-6-7-4-2-1-3-5-7/h6-9,12H,1-5,10H2,(H,17,18);1-5H. The molecule has 1 aliphatic carbocycles. The molecule has 132 valence electrons. The Morgan fingerprint density at radius 1 is 0.885 bits per heavy atom. The van der Waals surface area contributed by atoms with Crippen LogP contribution in [-0.2, 0) is 4.79 Å². The molecule has 0 aliphatic heterocycles. The molecule has 0 aromatic heterocycles. The molecule has 0 atom stereocenters. The summed E-state index contributed by atoms with van der Waals surface area (Å²) in [6, 6.07) is 20.2. The summed E-state index contributed by atoms with van der Waals surface area (Å²) in [5.41, 5.74) is 2.10. The van der Waals surface area contributed by atoms with Gasteiger partial charge in [0, 0.05) is 12.1 Å². The molecule has 2 aromatic carbocycles. The Morgan fingerprint density at radius 3 is 2.00 bits per heavy atom. The lowest BCUT2D eigenvalue weighted by Crippen LogP contribution is -2.18. The van der Waals surface area contributed by atoms with Crippen LogP contribution in [0.2, 0.25) is 0 Å². The molecule has 0 spiro atoms. The Labute approximate surface area is 155 Å². The Hall–Kier alpha value is -3.11. The fourth-order valence-electron chi connectivity index (χ4n) is 3.01. The molecule has 0 saturated heterocycles. The normalized spacial score (nSPS) is 13.5. The highest BCUT2D eigenvalue weighted by molar-refractivity contribution is 5.90. The van der Waals surface area contributed by atoms with E-state index in [9.17, 15) is 4.79 Å². The van der Waals surface area contributed by atoms with Crippen LogP contribution < -0.4 is 5.32 Å². The van der Waals surface area contributed by atoms with E-state index in [0.717, 1.165) is 5.69 Å². The van der Waals surface area contributed by atoms with Crippen molar-refractivity contribution < 1.29 is 4.79 Å². The number of carbonyl (C=O) groups is 1. The molecule has 4 nitrogen and oxygen atoms in total. The third-order valence-electron chi connectivity index (χ3n) is 4.40. The Kier molecular flexibility index (Phi) is 7.90. The Morgan fingerprint density at radius 2 is 1.46 bits per heavy atom. The van der Waals surface area contributed by atoms with Gasteiger partial charge in [-0.2, -0.15) is 10.5 Å². The summed E-state index contributed by atoms with van der Waals surface area (Å²) in [5, 5.41) is 19.9. The number of anilines is 1. The average molecular weight is 345 g/mol. The lowest BCUT2D eigenvalue weighted by Gasteiger charge is -2.20. The summed E-state index contributed by atoms with van der Waals surface area (Å²) in [6.45, 7) is 0. The van der Waals surface area contributed by atoms with Gasteiger partial charge in [0.05, 0.1) is 23.3 Å². The minimum atomic E-state index is 0.0895. The maximum Gasteiger partial charge on any atom is 0.224 e. The minimum Gasteiger partial charge on any atom is -0.326 e. The van der Waals surface area contributed by atoms with Crippen LogP contribution in [0.1, 0.15) is 49.7 Å². The molecule has 1 aliphatic rings. The van der Waals surface area contributed by atoms with Crippen molar-refractivity contribution in [3.05, 3.63) is 65.7 Å². The summed E-state index contributed by atoms with van der Waals surface area (Å²) in [4.78, 5) is 11.9. The third-order valence-corrected chi connectivity index (χ3v) is 4.40. The van der Waals surface area contributed by atoms with Gasteiger partial charge in [-0.1, -0.05) is 37.5 Å². The molecular formula is C22H23N3O. The first-order valence-electron chi connectivity index (χ1n) is 8.96. The molecule has 1 amide bonds. The first-order valence-corrected chi connectivity index (χ1v) is 8.96. The molecular weight excluding hydrogens is 322 g/mol. The molecule has 4 heteroatoms. The van der Waals surface area contributed by atoms with E-state index >= 15 is 0 Å². The molecule has 3 rings (SSSR count). The molecule has 0 bridgehead atoms. The molecule has 1 fully saturated rings. The van der Waals surface area contributed by atoms with Gasteiger partial charge in [-0.15, -0.1) is 0 Å². The first-order chi connectivity index (χ1) is 12.7. The van der Waals surface area contributed by atoms with Crippen molar-refractivity contribution in [3.8, 4) is 12.1 Å². The van der Waals surface area contributed by atoms with Crippen LogP contribution in [0.3, 0.4) is 0 Å². The van der Waals surface area contributed by atoms with E-state index in [-0.39, 0.29) is 5.91 Å². The zero-order valence-corrected chi connectivity index (χ0v) is 14.8. The lowest BCUT2D eigenvalue weighted by atomic mass is 9.87. The maximum absolute atomic E-state index is 11.9. The predicted octanol–water partition coefficient (Wildman–Crippen LogP) is 5.03. The van der Waals surface area contributed by atoms with Gasteiger partial charge in [0.25, 0.3) is 0 Å². The van der Waals surface area contributed by atoms with Crippen LogP contribution >= 0.6 is 0 Å². The van der Waals surface area contributed by atoms with Crippen LogP contribution in [-0.4, -0.2) is 5.91 Å². The number of nitrogens with one attached hydrogen (secondary N) is 1. The summed E-state index contributed by atoms with van der Waals surface area (Å²) in [5.74, 6) is 0.642. The fraction of sp³-hybridized carbons (Fsp3) is 0.318. The number of amides is 1. The number of rotatable bonds is 3. The van der Waals surface area contributed by atoms with Crippen LogP contribution in [0.4, 0.5) is 5.69 Å². The van der Waals surface area contributed by atoms with E-state index in [4.69, 9.17) is 10.5 Å². The van der Waals surface area contributed by atoms with Gasteiger partial charge in [-0.3, -0.25) is 4.79 Å². The molecule has 1 saturated carbocycles. The molecule has 0 heterocycles. The van der Waals surface area contributed by atoms with Crippen molar-refractivity contribution >= 4 is 11.6 Å². The van der Waals surface area contributed by atoms with Crippen LogP contribution in [0, 0.1) is 28.6 Å². The quantitative estimate of drug-likeness (QED) is 0.848. The van der Waals surface area contributed by atoms with Crippen molar-refractivity contribution in [1.82, 2.24) is 0 Å². The van der Waals surface area contributed by atoms with Crippen molar-refractivity contribution in [2.45, 2.75) is 38.5 Å². The fourth-order valence-corrected chi connectivity index (χ4v) is 3.01. The van der Waals surface area contributed by atoms with Crippen molar-refractivity contribution in [1.29, 1.82) is 10.5 Å². The number of carbonyl (C=O) groups excluding carboxylic acids is 1. The van der Waals surface area contributed by atoms with Crippen LogP contribution in [0.25, 0.3) is 0 Å². The van der Waals surface area contributed by atoms with Gasteiger partial charge in [0.15, 0.2) is 0 Å². The monoisotopic (exact) mass is 345 g/mol. The van der Waals surface area contributed by atoms with Gasteiger partial charge < -0.3 is 5.32 Å². The third kappa shape index (κ3) is 6.79. The summed E-state index contributed by atoms with van der Waals surface area (Å²) in [7, 11) is 0. The largest absolute Gasteiger partial charge is 0.326 e. The van der Waals surface area contributed by atoms with Gasteiger partial charge in [0.2, 0.25) is 5.91 Å². The second-order valence-corrected chi connectivity index (χ2v) is 6.42. The smallest absolute Gasteiger partial charge is 0.224 e. The van der Waals surface area contributed by atoms with Gasteiger partial charge in [-0.25, -0.2) is 0 Å². The van der Waals surface area contributed by atoms with E-state index in [1.54, 1.807) is 36.4 Å². The second kappa shape index (κ2) is 10.7. The number of hydrogen-bond donors (Lipinski definition) is 1. The summed E-state index contributed by atoms with van der Waals surface area (Å²) in [6.07, 6.45) is 6.82. The molecule has 1 N–H and O–H groups in total. The number of hydrogen-bond acceptors (Lipinski definition) is 3. The van der Waals surface area contributed by atoms with Gasteiger partial charge >= 0.3 is 0 Å². The zero-order chi connectivity index (χ0) is 18.6. The second-order valence-electron chi connectivity index (χ2n) is 6.42. The predicted molar refractivity (Wildman–Crippen MR) is 102 cm³/mol. The maximum atomic E-state index is 11.9. The van der Waals surface area contributed by atoms with E-state index in [1.165, 1.54) is 32.1 Å². The highest BCUT2D eigenvalue weighted by Gasteiger charge is 2.16. The van der Waals surface area contributed by atoms with E-state index in [0.29, 0.717) is 23.5 Å². The molecule has 0 unspecified atom stereocenters. The summed E-state index contributed by atoms with van der Waals surface area (Å²) < 4.78 is 0.